The van der Waals surface area contributed by atoms with E-state index in [1.54, 1.807) is 6.20 Å². The Balaban J connectivity index is 1.57. The molecule has 4 nitrogen and oxygen atoms in total. The monoisotopic (exact) mass is 261 g/mol. The van der Waals surface area contributed by atoms with Gasteiger partial charge in [0.25, 0.3) is 0 Å². The number of carbonyl (C=O) groups is 1. The van der Waals surface area contributed by atoms with Crippen molar-refractivity contribution >= 4 is 5.91 Å². The van der Waals surface area contributed by atoms with Gasteiger partial charge in [0, 0.05) is 25.4 Å². The zero-order valence-corrected chi connectivity index (χ0v) is 11.5. The Kier molecular flexibility index (Phi) is 3.85. The topological polar surface area (TPSA) is 38.1 Å². The maximum atomic E-state index is 12.4. The molecule has 0 bridgehead atoms. The zero-order valence-electron chi connectivity index (χ0n) is 11.5. The van der Waals surface area contributed by atoms with Crippen LogP contribution in [0.2, 0.25) is 0 Å². The molecule has 1 aliphatic heterocycles. The molecule has 2 fully saturated rings. The predicted octanol–water partition coefficient (Wildman–Crippen LogP) is 2.45. The molecule has 1 saturated heterocycles. The van der Waals surface area contributed by atoms with Gasteiger partial charge in [0.1, 0.15) is 0 Å². The Morgan fingerprint density at radius 3 is 2.79 bits per heavy atom. The second-order valence-corrected chi connectivity index (χ2v) is 5.97. The SMILES string of the molecule is O=C(CC1CCCC1)N1CCC[C@@H]1Cn1cccn1. The summed E-state index contributed by atoms with van der Waals surface area (Å²) in [4.78, 5) is 14.5. The third kappa shape index (κ3) is 2.99. The van der Waals surface area contributed by atoms with Crippen molar-refractivity contribution in [3.8, 4) is 0 Å². The number of aromatic nitrogens is 2. The maximum absolute atomic E-state index is 12.4. The molecule has 1 aromatic heterocycles. The van der Waals surface area contributed by atoms with Gasteiger partial charge in [0.05, 0.1) is 12.6 Å². The van der Waals surface area contributed by atoms with Crippen LogP contribution in [0.25, 0.3) is 0 Å². The maximum Gasteiger partial charge on any atom is 0.223 e. The van der Waals surface area contributed by atoms with E-state index in [-0.39, 0.29) is 0 Å². The van der Waals surface area contributed by atoms with Gasteiger partial charge in [0.2, 0.25) is 5.91 Å². The number of carbonyl (C=O) groups excluding carboxylic acids is 1. The van der Waals surface area contributed by atoms with Crippen molar-refractivity contribution in [3.63, 3.8) is 0 Å². The number of hydrogen-bond acceptors (Lipinski definition) is 2. The van der Waals surface area contributed by atoms with Gasteiger partial charge in [-0.25, -0.2) is 0 Å². The van der Waals surface area contributed by atoms with Gasteiger partial charge < -0.3 is 4.90 Å². The van der Waals surface area contributed by atoms with Gasteiger partial charge in [-0.1, -0.05) is 12.8 Å². The van der Waals surface area contributed by atoms with Crippen molar-refractivity contribution < 1.29 is 4.79 Å². The van der Waals surface area contributed by atoms with E-state index in [2.05, 4.69) is 10.00 Å². The van der Waals surface area contributed by atoms with Crippen molar-refractivity contribution in [2.45, 2.75) is 57.5 Å². The van der Waals surface area contributed by atoms with Crippen LogP contribution in [0.4, 0.5) is 0 Å². The van der Waals surface area contributed by atoms with Crippen LogP contribution in [-0.4, -0.2) is 33.2 Å². The van der Waals surface area contributed by atoms with E-state index in [1.165, 1.54) is 25.7 Å². The predicted molar refractivity (Wildman–Crippen MR) is 73.5 cm³/mol. The Labute approximate surface area is 114 Å². The molecule has 4 heteroatoms. The molecule has 0 spiro atoms. The Morgan fingerprint density at radius 1 is 1.21 bits per heavy atom. The molecule has 0 radical (unpaired) electrons. The molecule has 1 aromatic rings. The molecule has 19 heavy (non-hydrogen) atoms. The van der Waals surface area contributed by atoms with Crippen LogP contribution in [0.15, 0.2) is 18.5 Å². The van der Waals surface area contributed by atoms with Gasteiger partial charge in [-0.05, 0) is 37.7 Å². The largest absolute Gasteiger partial charge is 0.338 e. The fourth-order valence-corrected chi connectivity index (χ4v) is 3.56. The van der Waals surface area contributed by atoms with Gasteiger partial charge in [0.15, 0.2) is 0 Å². The van der Waals surface area contributed by atoms with Crippen molar-refractivity contribution in [3.05, 3.63) is 18.5 Å². The second-order valence-electron chi connectivity index (χ2n) is 5.97. The molecule has 0 aromatic carbocycles. The average Bonchev–Trinajstić information content (AvgIpc) is 3.10. The number of likely N-dealkylation sites (tertiary alicyclic amines) is 1. The van der Waals surface area contributed by atoms with Crippen molar-refractivity contribution in [1.82, 2.24) is 14.7 Å². The van der Waals surface area contributed by atoms with E-state index in [4.69, 9.17) is 0 Å². The summed E-state index contributed by atoms with van der Waals surface area (Å²) in [6.07, 6.45) is 12.0. The lowest BCUT2D eigenvalue weighted by atomic mass is 10.0. The highest BCUT2D eigenvalue weighted by Gasteiger charge is 2.30. The standard InChI is InChI=1S/C15H23N3O/c19-15(11-13-5-1-2-6-13)18-10-3-7-14(18)12-17-9-4-8-16-17/h4,8-9,13-14H,1-3,5-7,10-12H2/t14-/m1/s1. The minimum absolute atomic E-state index is 0.355. The number of amides is 1. The third-order valence-electron chi connectivity index (χ3n) is 4.59. The molecule has 1 amide bonds. The summed E-state index contributed by atoms with van der Waals surface area (Å²) in [7, 11) is 0. The quantitative estimate of drug-likeness (QED) is 0.835. The Bertz CT molecular complexity index is 409. The fourth-order valence-electron chi connectivity index (χ4n) is 3.56. The van der Waals surface area contributed by atoms with Crippen molar-refractivity contribution in [2.24, 2.45) is 5.92 Å². The molecule has 0 N–H and O–H groups in total. The molecule has 1 aliphatic carbocycles. The number of rotatable bonds is 4. The normalized spacial score (nSPS) is 24.2. The van der Waals surface area contributed by atoms with Gasteiger partial charge >= 0.3 is 0 Å². The molecular formula is C15H23N3O. The molecule has 0 unspecified atom stereocenters. The first-order chi connectivity index (χ1) is 9.33. The minimum Gasteiger partial charge on any atom is -0.338 e. The molecule has 2 aliphatic rings. The second kappa shape index (κ2) is 5.76. The first-order valence-corrected chi connectivity index (χ1v) is 7.60. The molecular weight excluding hydrogens is 238 g/mol. The van der Waals surface area contributed by atoms with Gasteiger partial charge in [-0.2, -0.15) is 5.10 Å². The summed E-state index contributed by atoms with van der Waals surface area (Å²) < 4.78 is 1.95. The summed E-state index contributed by atoms with van der Waals surface area (Å²) in [6.45, 7) is 1.79. The van der Waals surface area contributed by atoms with Crippen LogP contribution in [0.1, 0.15) is 44.9 Å². The summed E-state index contributed by atoms with van der Waals surface area (Å²) in [5.41, 5.74) is 0. The fraction of sp³-hybridized carbons (Fsp3) is 0.733. The van der Waals surface area contributed by atoms with Crippen LogP contribution < -0.4 is 0 Å². The highest BCUT2D eigenvalue weighted by atomic mass is 16.2. The van der Waals surface area contributed by atoms with Crippen LogP contribution in [0.3, 0.4) is 0 Å². The van der Waals surface area contributed by atoms with E-state index in [1.807, 2.05) is 16.9 Å². The molecule has 3 rings (SSSR count). The number of nitrogens with zero attached hydrogens (tertiary/aromatic N) is 3. The molecule has 1 saturated carbocycles. The lowest BCUT2D eigenvalue weighted by Crippen LogP contribution is -2.38. The summed E-state index contributed by atoms with van der Waals surface area (Å²) in [5.74, 6) is 1.03. The first-order valence-electron chi connectivity index (χ1n) is 7.60. The van der Waals surface area contributed by atoms with E-state index in [0.717, 1.165) is 32.4 Å². The van der Waals surface area contributed by atoms with Crippen LogP contribution in [0, 0.1) is 5.92 Å². The zero-order chi connectivity index (χ0) is 13.1. The van der Waals surface area contributed by atoms with Crippen molar-refractivity contribution in [1.29, 1.82) is 0 Å². The summed E-state index contributed by atoms with van der Waals surface area (Å²) in [5, 5.41) is 4.26. The van der Waals surface area contributed by atoms with Gasteiger partial charge in [-0.15, -0.1) is 0 Å². The van der Waals surface area contributed by atoms with Crippen LogP contribution >= 0.6 is 0 Å². The van der Waals surface area contributed by atoms with Crippen LogP contribution in [0.5, 0.6) is 0 Å². The molecule has 2 heterocycles. The summed E-state index contributed by atoms with van der Waals surface area (Å²) >= 11 is 0. The molecule has 1 atom stereocenters. The lowest BCUT2D eigenvalue weighted by Gasteiger charge is -2.26. The van der Waals surface area contributed by atoms with Gasteiger partial charge in [-0.3, -0.25) is 9.48 Å². The van der Waals surface area contributed by atoms with E-state index in [9.17, 15) is 4.79 Å². The highest BCUT2D eigenvalue weighted by molar-refractivity contribution is 5.77. The van der Waals surface area contributed by atoms with E-state index in [0.29, 0.717) is 17.9 Å². The minimum atomic E-state index is 0.355. The van der Waals surface area contributed by atoms with E-state index >= 15 is 0 Å². The summed E-state index contributed by atoms with van der Waals surface area (Å²) in [6, 6.07) is 2.30. The first kappa shape index (κ1) is 12.7. The third-order valence-corrected chi connectivity index (χ3v) is 4.59. The number of hydrogen-bond donors (Lipinski definition) is 0. The van der Waals surface area contributed by atoms with Crippen molar-refractivity contribution in [2.75, 3.05) is 6.54 Å². The van der Waals surface area contributed by atoms with Crippen LogP contribution in [-0.2, 0) is 11.3 Å². The smallest absolute Gasteiger partial charge is 0.223 e. The average molecular weight is 261 g/mol. The highest BCUT2D eigenvalue weighted by Crippen LogP contribution is 2.29. The van der Waals surface area contributed by atoms with E-state index < -0.39 is 0 Å². The Hall–Kier alpha value is -1.32. The Morgan fingerprint density at radius 2 is 2.05 bits per heavy atom. The molecule has 104 valence electrons. The lowest BCUT2D eigenvalue weighted by molar-refractivity contribution is -0.133.